The Morgan fingerprint density at radius 3 is 2.57 bits per heavy atom. The minimum Gasteiger partial charge on any atom is -0.381 e. The summed E-state index contributed by atoms with van der Waals surface area (Å²) in [6, 6.07) is 19.9. The minimum atomic E-state index is 0.632. The molecule has 0 radical (unpaired) electrons. The van der Waals surface area contributed by atoms with E-state index < -0.39 is 0 Å². The van der Waals surface area contributed by atoms with E-state index in [9.17, 15) is 0 Å². The molecular formula is C17H14N4. The summed E-state index contributed by atoms with van der Waals surface area (Å²) in [6.45, 7) is 0.632. The van der Waals surface area contributed by atoms with E-state index in [-0.39, 0.29) is 0 Å². The average Bonchev–Trinajstić information content (AvgIpc) is 3.08. The topological polar surface area (TPSA) is 64.5 Å². The first-order valence-corrected chi connectivity index (χ1v) is 6.68. The molecule has 0 aliphatic carbocycles. The van der Waals surface area contributed by atoms with Crippen molar-refractivity contribution >= 4 is 5.69 Å². The highest BCUT2D eigenvalue weighted by atomic mass is 15.1. The molecule has 2 aromatic carbocycles. The molecule has 2 N–H and O–H groups in total. The van der Waals surface area contributed by atoms with Gasteiger partial charge in [0.05, 0.1) is 17.3 Å². The Bertz CT molecular complexity index is 752. The Morgan fingerprint density at radius 1 is 1.05 bits per heavy atom. The van der Waals surface area contributed by atoms with Gasteiger partial charge in [0.1, 0.15) is 0 Å². The van der Waals surface area contributed by atoms with Gasteiger partial charge in [-0.05, 0) is 35.4 Å². The molecule has 3 aromatic rings. The zero-order valence-electron chi connectivity index (χ0n) is 11.4. The van der Waals surface area contributed by atoms with Crippen LogP contribution in [0.3, 0.4) is 0 Å². The fraction of sp³-hybridized carbons (Fsp3) is 0.0588. The Labute approximate surface area is 123 Å². The summed E-state index contributed by atoms with van der Waals surface area (Å²) in [5.74, 6) is 0. The molecule has 1 aromatic heterocycles. The van der Waals surface area contributed by atoms with Crippen molar-refractivity contribution in [2.24, 2.45) is 0 Å². The number of H-pyrrole nitrogens is 1. The monoisotopic (exact) mass is 274 g/mol. The predicted octanol–water partition coefficient (Wildman–Crippen LogP) is 3.56. The summed E-state index contributed by atoms with van der Waals surface area (Å²) >= 11 is 0. The van der Waals surface area contributed by atoms with Crippen LogP contribution in [0.4, 0.5) is 5.69 Å². The molecule has 0 aliphatic rings. The van der Waals surface area contributed by atoms with Crippen molar-refractivity contribution in [1.82, 2.24) is 10.2 Å². The Balaban J connectivity index is 1.70. The number of hydrogen-bond donors (Lipinski definition) is 2. The van der Waals surface area contributed by atoms with Gasteiger partial charge in [-0.2, -0.15) is 10.4 Å². The third-order valence-electron chi connectivity index (χ3n) is 3.32. The second kappa shape index (κ2) is 5.93. The number of rotatable bonds is 4. The van der Waals surface area contributed by atoms with Crippen molar-refractivity contribution in [3.63, 3.8) is 0 Å². The van der Waals surface area contributed by atoms with Gasteiger partial charge in [0.15, 0.2) is 0 Å². The van der Waals surface area contributed by atoms with Crippen LogP contribution in [-0.4, -0.2) is 10.2 Å². The van der Waals surface area contributed by atoms with Crippen molar-refractivity contribution in [3.8, 4) is 17.3 Å². The fourth-order valence-electron chi connectivity index (χ4n) is 2.17. The summed E-state index contributed by atoms with van der Waals surface area (Å²) < 4.78 is 0. The molecule has 4 nitrogen and oxygen atoms in total. The highest BCUT2D eigenvalue weighted by Gasteiger charge is 2.02. The molecule has 0 bridgehead atoms. The number of nitrogens with one attached hydrogen (secondary N) is 2. The Hall–Kier alpha value is -3.06. The highest BCUT2D eigenvalue weighted by Crippen LogP contribution is 2.19. The standard InChI is InChI=1S/C17H14N4/c18-11-14-3-1-2-4-15(14)12-19-16-7-5-13(6-8-16)17-9-10-20-21-17/h1-10,19H,12H2,(H,20,21). The molecular weight excluding hydrogens is 260 g/mol. The number of hydrogen-bond acceptors (Lipinski definition) is 3. The number of aromatic nitrogens is 2. The number of benzene rings is 2. The van der Waals surface area contributed by atoms with Gasteiger partial charge in [-0.25, -0.2) is 0 Å². The Morgan fingerprint density at radius 2 is 1.86 bits per heavy atom. The summed E-state index contributed by atoms with van der Waals surface area (Å²) in [5.41, 5.74) is 4.81. The number of anilines is 1. The molecule has 102 valence electrons. The number of nitrogens with zero attached hydrogens (tertiary/aromatic N) is 2. The van der Waals surface area contributed by atoms with Crippen LogP contribution in [0.5, 0.6) is 0 Å². The van der Waals surface area contributed by atoms with Crippen LogP contribution in [-0.2, 0) is 6.54 Å². The van der Waals surface area contributed by atoms with Gasteiger partial charge >= 0.3 is 0 Å². The Kier molecular flexibility index (Phi) is 3.66. The van der Waals surface area contributed by atoms with E-state index in [1.807, 2.05) is 54.6 Å². The molecule has 0 amide bonds. The van der Waals surface area contributed by atoms with Crippen LogP contribution in [0.2, 0.25) is 0 Å². The summed E-state index contributed by atoms with van der Waals surface area (Å²) in [5, 5.41) is 19.3. The van der Waals surface area contributed by atoms with Crippen molar-refractivity contribution in [1.29, 1.82) is 5.26 Å². The van der Waals surface area contributed by atoms with Gasteiger partial charge in [-0.1, -0.05) is 30.3 Å². The van der Waals surface area contributed by atoms with Gasteiger partial charge in [-0.3, -0.25) is 5.10 Å². The van der Waals surface area contributed by atoms with Crippen LogP contribution in [0.15, 0.2) is 60.8 Å². The fourth-order valence-corrected chi connectivity index (χ4v) is 2.17. The molecule has 0 saturated heterocycles. The number of nitriles is 1. The highest BCUT2D eigenvalue weighted by molar-refractivity contribution is 5.62. The van der Waals surface area contributed by atoms with Crippen LogP contribution in [0.25, 0.3) is 11.3 Å². The second-order valence-electron chi connectivity index (χ2n) is 4.67. The van der Waals surface area contributed by atoms with E-state index in [1.165, 1.54) is 0 Å². The molecule has 0 aliphatic heterocycles. The summed E-state index contributed by atoms with van der Waals surface area (Å²) in [6.07, 6.45) is 1.74. The first kappa shape index (κ1) is 12.9. The van der Waals surface area contributed by atoms with Crippen molar-refractivity contribution in [2.75, 3.05) is 5.32 Å². The van der Waals surface area contributed by atoms with Gasteiger partial charge < -0.3 is 5.32 Å². The third-order valence-corrected chi connectivity index (χ3v) is 3.32. The lowest BCUT2D eigenvalue weighted by Crippen LogP contribution is -2.01. The average molecular weight is 274 g/mol. The van der Waals surface area contributed by atoms with Crippen LogP contribution >= 0.6 is 0 Å². The molecule has 1 heterocycles. The largest absolute Gasteiger partial charge is 0.381 e. The molecule has 0 saturated carbocycles. The normalized spacial score (nSPS) is 10.0. The second-order valence-corrected chi connectivity index (χ2v) is 4.67. The van der Waals surface area contributed by atoms with Gasteiger partial charge in [0.25, 0.3) is 0 Å². The molecule has 0 unspecified atom stereocenters. The smallest absolute Gasteiger partial charge is 0.0995 e. The van der Waals surface area contributed by atoms with E-state index in [0.717, 1.165) is 22.5 Å². The van der Waals surface area contributed by atoms with Gasteiger partial charge in [-0.15, -0.1) is 0 Å². The van der Waals surface area contributed by atoms with Crippen LogP contribution in [0, 0.1) is 11.3 Å². The van der Waals surface area contributed by atoms with E-state index in [4.69, 9.17) is 5.26 Å². The summed E-state index contributed by atoms with van der Waals surface area (Å²) in [4.78, 5) is 0. The van der Waals surface area contributed by atoms with E-state index in [1.54, 1.807) is 6.20 Å². The molecule has 21 heavy (non-hydrogen) atoms. The van der Waals surface area contributed by atoms with Crippen molar-refractivity contribution < 1.29 is 0 Å². The maximum atomic E-state index is 9.07. The zero-order valence-corrected chi connectivity index (χ0v) is 11.4. The SMILES string of the molecule is N#Cc1ccccc1CNc1ccc(-c2ccn[nH]2)cc1. The third kappa shape index (κ3) is 2.93. The van der Waals surface area contributed by atoms with Gasteiger partial charge in [0, 0.05) is 18.4 Å². The summed E-state index contributed by atoms with van der Waals surface area (Å²) in [7, 11) is 0. The molecule has 0 fully saturated rings. The van der Waals surface area contributed by atoms with Crippen molar-refractivity contribution in [3.05, 3.63) is 71.9 Å². The molecule has 4 heteroatoms. The molecule has 0 atom stereocenters. The maximum Gasteiger partial charge on any atom is 0.0995 e. The molecule has 0 spiro atoms. The quantitative estimate of drug-likeness (QED) is 0.764. The van der Waals surface area contributed by atoms with Gasteiger partial charge in [0.2, 0.25) is 0 Å². The predicted molar refractivity (Wildman–Crippen MR) is 82.5 cm³/mol. The zero-order chi connectivity index (χ0) is 14.5. The first-order valence-electron chi connectivity index (χ1n) is 6.68. The van der Waals surface area contributed by atoms with E-state index in [2.05, 4.69) is 21.6 Å². The number of aromatic amines is 1. The van der Waals surface area contributed by atoms with E-state index in [0.29, 0.717) is 12.1 Å². The lowest BCUT2D eigenvalue weighted by atomic mass is 10.1. The van der Waals surface area contributed by atoms with E-state index >= 15 is 0 Å². The lowest BCUT2D eigenvalue weighted by Gasteiger charge is -2.08. The van der Waals surface area contributed by atoms with Crippen molar-refractivity contribution in [2.45, 2.75) is 6.54 Å². The molecule has 3 rings (SSSR count). The first-order chi connectivity index (χ1) is 10.4. The van der Waals surface area contributed by atoms with Crippen LogP contribution < -0.4 is 5.32 Å². The lowest BCUT2D eigenvalue weighted by molar-refractivity contribution is 1.09. The minimum absolute atomic E-state index is 0.632. The van der Waals surface area contributed by atoms with Crippen LogP contribution in [0.1, 0.15) is 11.1 Å². The maximum absolute atomic E-state index is 9.07.